The number of rotatable bonds is 8. The molecule has 1 fully saturated rings. The molecular weight excluding hydrogens is 466 g/mol. The van der Waals surface area contributed by atoms with Crippen LogP contribution in [0.25, 0.3) is 0 Å². The number of benzene rings is 3. The first-order valence-electron chi connectivity index (χ1n) is 11.4. The Bertz CT molecular complexity index is 1240. The summed E-state index contributed by atoms with van der Waals surface area (Å²) in [7, 11) is -1.96. The van der Waals surface area contributed by atoms with Crippen molar-refractivity contribution in [2.75, 3.05) is 38.6 Å². The lowest BCUT2D eigenvalue weighted by Crippen LogP contribution is -2.53. The highest BCUT2D eigenvalue weighted by molar-refractivity contribution is 7.89. The van der Waals surface area contributed by atoms with Crippen molar-refractivity contribution >= 4 is 21.6 Å². The molecule has 1 saturated heterocycles. The summed E-state index contributed by atoms with van der Waals surface area (Å²) in [5, 5.41) is 3.22. The van der Waals surface area contributed by atoms with Gasteiger partial charge in [0.1, 0.15) is 11.8 Å². The molecule has 0 bridgehead atoms. The third-order valence-corrected chi connectivity index (χ3v) is 7.75. The molecule has 3 aromatic rings. The smallest absolute Gasteiger partial charge is 0.244 e. The summed E-state index contributed by atoms with van der Waals surface area (Å²) in [6.45, 7) is 3.04. The van der Waals surface area contributed by atoms with Crippen LogP contribution in [0.4, 0.5) is 5.69 Å². The highest BCUT2D eigenvalue weighted by Crippen LogP contribution is 2.31. The molecule has 0 radical (unpaired) electrons. The van der Waals surface area contributed by atoms with Gasteiger partial charge in [-0.15, -0.1) is 0 Å². The van der Waals surface area contributed by atoms with Gasteiger partial charge in [0.15, 0.2) is 11.5 Å². The van der Waals surface area contributed by atoms with E-state index in [1.807, 2.05) is 48.5 Å². The normalized spacial score (nSPS) is 15.3. The van der Waals surface area contributed by atoms with Crippen LogP contribution in [-0.2, 0) is 14.8 Å². The third kappa shape index (κ3) is 5.75. The minimum atomic E-state index is -3.55. The fourth-order valence-electron chi connectivity index (χ4n) is 3.93. The average molecular weight is 496 g/mol. The van der Waals surface area contributed by atoms with Crippen LogP contribution in [0.3, 0.4) is 0 Å². The molecule has 1 atom stereocenters. The number of anilines is 1. The second-order valence-corrected chi connectivity index (χ2v) is 10.1. The van der Waals surface area contributed by atoms with Crippen LogP contribution in [0.2, 0.25) is 0 Å². The molecule has 1 N–H and O–H groups in total. The summed E-state index contributed by atoms with van der Waals surface area (Å²) in [6.07, 6.45) is 0. The van der Waals surface area contributed by atoms with Crippen molar-refractivity contribution in [1.82, 2.24) is 9.21 Å². The van der Waals surface area contributed by atoms with Crippen molar-refractivity contribution in [3.05, 3.63) is 78.9 Å². The first kappa shape index (κ1) is 24.6. The van der Waals surface area contributed by atoms with E-state index in [2.05, 4.69) is 5.32 Å². The van der Waals surface area contributed by atoms with E-state index >= 15 is 0 Å². The molecule has 8 nitrogen and oxygen atoms in total. The van der Waals surface area contributed by atoms with Crippen molar-refractivity contribution in [3.8, 4) is 17.2 Å². The van der Waals surface area contributed by atoms with Crippen LogP contribution in [0.15, 0.2) is 83.8 Å². The van der Waals surface area contributed by atoms with E-state index in [0.29, 0.717) is 30.3 Å². The predicted octanol–water partition coefficient (Wildman–Crippen LogP) is 3.82. The van der Waals surface area contributed by atoms with Gasteiger partial charge in [-0.3, -0.25) is 4.79 Å². The number of para-hydroxylation sites is 2. The molecule has 9 heteroatoms. The second-order valence-electron chi connectivity index (χ2n) is 8.19. The minimum absolute atomic E-state index is 0.0730. The van der Waals surface area contributed by atoms with Crippen LogP contribution in [0.5, 0.6) is 17.2 Å². The fraction of sp³-hybridized carbons (Fsp3) is 0.269. The summed E-state index contributed by atoms with van der Waals surface area (Å²) < 4.78 is 38.3. The summed E-state index contributed by atoms with van der Waals surface area (Å²) in [5.41, 5.74) is 0.781. The number of hydrogen-bond donors (Lipinski definition) is 1. The number of piperazine rings is 1. The van der Waals surface area contributed by atoms with Crippen LogP contribution in [-0.4, -0.2) is 62.9 Å². The number of hydrogen-bond acceptors (Lipinski definition) is 6. The number of carbonyl (C=O) groups is 1. The standard InChI is InChI=1S/C26H29N3O5S/c1-20(27-21-12-14-22(15-13-21)34-25-11-7-6-10-24(25)33-2)26(30)28-16-18-29(19-17-28)35(31,32)23-8-4-3-5-9-23/h3-15,20,27H,16-19H2,1-2H3. The number of carbonyl (C=O) groups excluding carboxylic acids is 1. The number of amides is 1. The molecule has 35 heavy (non-hydrogen) atoms. The Hall–Kier alpha value is -3.56. The molecule has 0 saturated carbocycles. The molecule has 1 amide bonds. The molecule has 184 valence electrons. The Morgan fingerprint density at radius 3 is 2.09 bits per heavy atom. The van der Waals surface area contributed by atoms with Gasteiger partial charge >= 0.3 is 0 Å². The van der Waals surface area contributed by atoms with E-state index in [0.717, 1.165) is 5.69 Å². The third-order valence-electron chi connectivity index (χ3n) is 5.84. The maximum Gasteiger partial charge on any atom is 0.244 e. The number of ether oxygens (including phenoxy) is 2. The van der Waals surface area contributed by atoms with Gasteiger partial charge in [-0.05, 0) is 55.5 Å². The van der Waals surface area contributed by atoms with Gasteiger partial charge in [0.05, 0.1) is 12.0 Å². The molecule has 1 unspecified atom stereocenters. The molecule has 1 aliphatic heterocycles. The SMILES string of the molecule is COc1ccccc1Oc1ccc(NC(C)C(=O)N2CCN(S(=O)(=O)c3ccccc3)CC2)cc1. The Morgan fingerprint density at radius 2 is 1.46 bits per heavy atom. The van der Waals surface area contributed by atoms with Gasteiger partial charge in [-0.25, -0.2) is 8.42 Å². The molecule has 0 aromatic heterocycles. The predicted molar refractivity (Wildman–Crippen MR) is 134 cm³/mol. The summed E-state index contributed by atoms with van der Waals surface area (Å²) >= 11 is 0. The number of sulfonamides is 1. The summed E-state index contributed by atoms with van der Waals surface area (Å²) in [6, 6.07) is 22.6. The molecule has 0 spiro atoms. The minimum Gasteiger partial charge on any atom is -0.493 e. The highest BCUT2D eigenvalue weighted by atomic mass is 32.2. The van der Waals surface area contributed by atoms with Gasteiger partial charge in [0, 0.05) is 31.9 Å². The Balaban J connectivity index is 1.31. The first-order chi connectivity index (χ1) is 16.9. The largest absolute Gasteiger partial charge is 0.493 e. The van der Waals surface area contributed by atoms with Crippen molar-refractivity contribution in [1.29, 1.82) is 0 Å². The Kier molecular flexibility index (Phi) is 7.57. The summed E-state index contributed by atoms with van der Waals surface area (Å²) in [4.78, 5) is 14.9. The topological polar surface area (TPSA) is 88.2 Å². The molecule has 4 rings (SSSR count). The number of nitrogens with one attached hydrogen (secondary N) is 1. The van der Waals surface area contributed by atoms with Gasteiger partial charge < -0.3 is 19.7 Å². The summed E-state index contributed by atoms with van der Waals surface area (Å²) in [5.74, 6) is 1.84. The number of methoxy groups -OCH3 is 1. The van der Waals surface area contributed by atoms with Crippen LogP contribution in [0, 0.1) is 0 Å². The van der Waals surface area contributed by atoms with Gasteiger partial charge in [0.25, 0.3) is 0 Å². The second kappa shape index (κ2) is 10.8. The van der Waals surface area contributed by atoms with E-state index in [9.17, 15) is 13.2 Å². The van der Waals surface area contributed by atoms with Crippen LogP contribution < -0.4 is 14.8 Å². The Labute approximate surface area is 206 Å². The zero-order valence-electron chi connectivity index (χ0n) is 19.8. The lowest BCUT2D eigenvalue weighted by molar-refractivity contribution is -0.132. The zero-order valence-corrected chi connectivity index (χ0v) is 20.6. The molecule has 3 aromatic carbocycles. The first-order valence-corrected chi connectivity index (χ1v) is 12.8. The van der Waals surface area contributed by atoms with E-state index in [1.165, 1.54) is 4.31 Å². The quantitative estimate of drug-likeness (QED) is 0.511. The Morgan fingerprint density at radius 1 is 0.857 bits per heavy atom. The van der Waals surface area contributed by atoms with Gasteiger partial charge in [-0.1, -0.05) is 30.3 Å². The van der Waals surface area contributed by atoms with Gasteiger partial charge in [0.2, 0.25) is 15.9 Å². The maximum absolute atomic E-state index is 13.0. The van der Waals surface area contributed by atoms with Crippen molar-refractivity contribution in [2.45, 2.75) is 17.9 Å². The van der Waals surface area contributed by atoms with Crippen molar-refractivity contribution < 1.29 is 22.7 Å². The van der Waals surface area contributed by atoms with Gasteiger partial charge in [-0.2, -0.15) is 4.31 Å². The monoisotopic (exact) mass is 495 g/mol. The maximum atomic E-state index is 13.0. The fourth-order valence-corrected chi connectivity index (χ4v) is 5.37. The highest BCUT2D eigenvalue weighted by Gasteiger charge is 2.31. The molecule has 0 aliphatic carbocycles. The van der Waals surface area contributed by atoms with E-state index < -0.39 is 16.1 Å². The van der Waals surface area contributed by atoms with E-state index in [4.69, 9.17) is 9.47 Å². The van der Waals surface area contributed by atoms with E-state index in [1.54, 1.807) is 49.3 Å². The zero-order chi connectivity index (χ0) is 24.8. The van der Waals surface area contributed by atoms with Crippen molar-refractivity contribution in [3.63, 3.8) is 0 Å². The number of nitrogens with zero attached hydrogens (tertiary/aromatic N) is 2. The van der Waals surface area contributed by atoms with Crippen molar-refractivity contribution in [2.24, 2.45) is 0 Å². The lowest BCUT2D eigenvalue weighted by atomic mass is 10.2. The average Bonchev–Trinajstić information content (AvgIpc) is 2.90. The van der Waals surface area contributed by atoms with E-state index in [-0.39, 0.29) is 23.9 Å². The molecular formula is C26H29N3O5S. The molecule has 1 heterocycles. The lowest BCUT2D eigenvalue weighted by Gasteiger charge is -2.35. The molecule has 1 aliphatic rings. The van der Waals surface area contributed by atoms with Crippen LogP contribution in [0.1, 0.15) is 6.92 Å². The van der Waals surface area contributed by atoms with Crippen LogP contribution >= 0.6 is 0 Å².